The first-order valence-electron chi connectivity index (χ1n) is 4.52. The molecule has 0 bridgehead atoms. The second kappa shape index (κ2) is 3.61. The second-order valence-electron chi connectivity index (χ2n) is 3.34. The van der Waals surface area contributed by atoms with Crippen LogP contribution in [0.2, 0.25) is 0 Å². The van der Waals surface area contributed by atoms with Crippen LogP contribution in [0, 0.1) is 5.92 Å². The van der Waals surface area contributed by atoms with Gasteiger partial charge in [0.15, 0.2) is 0 Å². The van der Waals surface area contributed by atoms with E-state index in [1.54, 1.807) is 18.2 Å². The number of nitrogens with one attached hydrogen (secondary N) is 1. The van der Waals surface area contributed by atoms with Crippen LogP contribution >= 0.6 is 0 Å². The van der Waals surface area contributed by atoms with Gasteiger partial charge in [-0.15, -0.1) is 0 Å². The van der Waals surface area contributed by atoms with Crippen LogP contribution in [0.3, 0.4) is 0 Å². The molecule has 1 unspecified atom stereocenters. The number of amides is 1. The highest BCUT2D eigenvalue weighted by Gasteiger charge is 2.35. The van der Waals surface area contributed by atoms with Crippen molar-refractivity contribution >= 4 is 17.6 Å². The maximum atomic E-state index is 11.2. The first kappa shape index (κ1) is 9.51. The van der Waals surface area contributed by atoms with E-state index in [0.29, 0.717) is 5.69 Å². The molecule has 0 aromatic heterocycles. The van der Waals surface area contributed by atoms with Gasteiger partial charge in [-0.1, -0.05) is 18.2 Å². The normalized spacial score (nSPS) is 19.9. The Labute approximate surface area is 86.2 Å². The number of hydrogen-bond donors (Lipinski definition) is 2. The zero-order chi connectivity index (χ0) is 10.8. The van der Waals surface area contributed by atoms with E-state index in [9.17, 15) is 9.59 Å². The Balaban J connectivity index is 2.18. The molecule has 1 saturated heterocycles. The van der Waals surface area contributed by atoms with Crippen molar-refractivity contribution in [1.82, 2.24) is 5.48 Å². The number of carbonyl (C=O) groups is 2. The third-order valence-electron chi connectivity index (χ3n) is 2.33. The summed E-state index contributed by atoms with van der Waals surface area (Å²) in [5, 5.41) is 0. The Morgan fingerprint density at radius 1 is 1.33 bits per heavy atom. The molecule has 5 nitrogen and oxygen atoms in total. The minimum absolute atomic E-state index is 0.275. The summed E-state index contributed by atoms with van der Waals surface area (Å²) in [5.74, 6) is -1.75. The van der Waals surface area contributed by atoms with Gasteiger partial charge < -0.3 is 10.6 Å². The van der Waals surface area contributed by atoms with Gasteiger partial charge in [-0.3, -0.25) is 4.79 Å². The lowest BCUT2D eigenvalue weighted by Crippen LogP contribution is -2.22. The quantitative estimate of drug-likeness (QED) is 0.527. The van der Waals surface area contributed by atoms with E-state index in [-0.39, 0.29) is 6.42 Å². The van der Waals surface area contributed by atoms with Crippen molar-refractivity contribution < 1.29 is 14.4 Å². The summed E-state index contributed by atoms with van der Waals surface area (Å²) in [5.41, 5.74) is 9.08. The van der Waals surface area contributed by atoms with Crippen LogP contribution in [0.4, 0.5) is 5.69 Å². The van der Waals surface area contributed by atoms with Crippen molar-refractivity contribution in [3.8, 4) is 0 Å². The predicted octanol–water partition coefficient (Wildman–Crippen LogP) is 0.0155. The van der Waals surface area contributed by atoms with E-state index in [4.69, 9.17) is 5.73 Å². The standard InChI is InChI=1S/C10H10N2O3/c11-8-4-2-1-3-6(8)5-7-9(13)12-15-10(7)14/h1-4,7H,5,11H2,(H,12,13). The summed E-state index contributed by atoms with van der Waals surface area (Å²) in [7, 11) is 0. The summed E-state index contributed by atoms with van der Waals surface area (Å²) in [6.45, 7) is 0. The Kier molecular flexibility index (Phi) is 2.29. The Morgan fingerprint density at radius 2 is 2.07 bits per heavy atom. The predicted molar refractivity (Wildman–Crippen MR) is 52.3 cm³/mol. The molecule has 0 radical (unpaired) electrons. The number of carbonyl (C=O) groups excluding carboxylic acids is 2. The number of hydroxylamine groups is 1. The number of para-hydroxylation sites is 1. The SMILES string of the molecule is Nc1ccccc1CC1C(=O)NOC1=O. The number of anilines is 1. The highest BCUT2D eigenvalue weighted by Crippen LogP contribution is 2.18. The number of nitrogen functional groups attached to an aromatic ring is 1. The lowest BCUT2D eigenvalue weighted by Gasteiger charge is -2.05. The van der Waals surface area contributed by atoms with Crippen LogP contribution in [-0.2, 0) is 20.8 Å². The maximum absolute atomic E-state index is 11.2. The van der Waals surface area contributed by atoms with Gasteiger partial charge in [0.05, 0.1) is 0 Å². The van der Waals surface area contributed by atoms with E-state index >= 15 is 0 Å². The molecule has 2 rings (SSSR count). The van der Waals surface area contributed by atoms with Crippen molar-refractivity contribution in [3.05, 3.63) is 29.8 Å². The fraction of sp³-hybridized carbons (Fsp3) is 0.200. The van der Waals surface area contributed by atoms with Gasteiger partial charge in [-0.05, 0) is 18.1 Å². The molecule has 0 saturated carbocycles. The van der Waals surface area contributed by atoms with Crippen molar-refractivity contribution in [2.75, 3.05) is 5.73 Å². The zero-order valence-electron chi connectivity index (χ0n) is 7.90. The third-order valence-corrected chi connectivity index (χ3v) is 2.33. The highest BCUT2D eigenvalue weighted by atomic mass is 16.7. The van der Waals surface area contributed by atoms with E-state index in [0.717, 1.165) is 5.56 Å². The summed E-state index contributed by atoms with van der Waals surface area (Å²) in [6, 6.07) is 7.12. The molecule has 1 aliphatic heterocycles. The molecule has 78 valence electrons. The molecule has 1 aromatic rings. The van der Waals surface area contributed by atoms with Crippen LogP contribution in [0.15, 0.2) is 24.3 Å². The average Bonchev–Trinajstić information content (AvgIpc) is 2.53. The smallest absolute Gasteiger partial charge is 0.345 e. The molecule has 1 heterocycles. The molecule has 1 aliphatic rings. The molecule has 15 heavy (non-hydrogen) atoms. The van der Waals surface area contributed by atoms with Crippen molar-refractivity contribution in [2.45, 2.75) is 6.42 Å². The average molecular weight is 206 g/mol. The number of hydrogen-bond acceptors (Lipinski definition) is 4. The molecule has 0 aliphatic carbocycles. The minimum Gasteiger partial charge on any atom is -0.399 e. The van der Waals surface area contributed by atoms with Gasteiger partial charge in [0.25, 0.3) is 5.91 Å². The van der Waals surface area contributed by atoms with Crippen molar-refractivity contribution in [2.24, 2.45) is 5.92 Å². The van der Waals surface area contributed by atoms with Gasteiger partial charge in [0, 0.05) is 5.69 Å². The molecule has 1 fully saturated rings. The van der Waals surface area contributed by atoms with Gasteiger partial charge in [-0.2, -0.15) is 5.48 Å². The van der Waals surface area contributed by atoms with Gasteiger partial charge in [-0.25, -0.2) is 4.79 Å². The Bertz CT molecular complexity index is 401. The van der Waals surface area contributed by atoms with Gasteiger partial charge in [0.1, 0.15) is 5.92 Å². The fourth-order valence-corrected chi connectivity index (χ4v) is 1.47. The van der Waals surface area contributed by atoms with Crippen LogP contribution in [0.1, 0.15) is 5.56 Å². The first-order chi connectivity index (χ1) is 7.18. The molecule has 5 heteroatoms. The lowest BCUT2D eigenvalue weighted by atomic mass is 9.98. The zero-order valence-corrected chi connectivity index (χ0v) is 7.90. The van der Waals surface area contributed by atoms with Crippen molar-refractivity contribution in [1.29, 1.82) is 0 Å². The molecular formula is C10H10N2O3. The van der Waals surface area contributed by atoms with Crippen LogP contribution in [-0.4, -0.2) is 11.9 Å². The summed E-state index contributed by atoms with van der Waals surface area (Å²) in [4.78, 5) is 26.8. The number of nitrogens with two attached hydrogens (primary N) is 1. The topological polar surface area (TPSA) is 81.4 Å². The van der Waals surface area contributed by atoms with Gasteiger partial charge in [0.2, 0.25) is 0 Å². The maximum Gasteiger partial charge on any atom is 0.345 e. The Morgan fingerprint density at radius 3 is 2.67 bits per heavy atom. The number of benzene rings is 1. The summed E-state index contributed by atoms with van der Waals surface area (Å²) < 4.78 is 0. The van der Waals surface area contributed by atoms with E-state index in [1.165, 1.54) is 0 Å². The molecule has 1 aromatic carbocycles. The third kappa shape index (κ3) is 1.76. The van der Waals surface area contributed by atoms with Crippen LogP contribution in [0.5, 0.6) is 0 Å². The van der Waals surface area contributed by atoms with Crippen molar-refractivity contribution in [3.63, 3.8) is 0 Å². The number of rotatable bonds is 2. The van der Waals surface area contributed by atoms with Crippen LogP contribution in [0.25, 0.3) is 0 Å². The van der Waals surface area contributed by atoms with Crippen LogP contribution < -0.4 is 11.2 Å². The Hall–Kier alpha value is -2.04. The molecule has 3 N–H and O–H groups in total. The second-order valence-corrected chi connectivity index (χ2v) is 3.34. The molecule has 1 atom stereocenters. The summed E-state index contributed by atoms with van der Waals surface area (Å²) in [6.07, 6.45) is 0.275. The molecule has 1 amide bonds. The minimum atomic E-state index is -0.783. The monoisotopic (exact) mass is 206 g/mol. The highest BCUT2D eigenvalue weighted by molar-refractivity contribution is 6.01. The fourth-order valence-electron chi connectivity index (χ4n) is 1.47. The molecule has 0 spiro atoms. The van der Waals surface area contributed by atoms with E-state index in [2.05, 4.69) is 4.84 Å². The van der Waals surface area contributed by atoms with Gasteiger partial charge >= 0.3 is 5.97 Å². The lowest BCUT2D eigenvalue weighted by molar-refractivity contribution is -0.146. The first-order valence-corrected chi connectivity index (χ1v) is 4.52. The van der Waals surface area contributed by atoms with E-state index < -0.39 is 17.8 Å². The van der Waals surface area contributed by atoms with E-state index in [1.807, 2.05) is 11.5 Å². The largest absolute Gasteiger partial charge is 0.399 e. The summed E-state index contributed by atoms with van der Waals surface area (Å²) >= 11 is 0. The molecular weight excluding hydrogens is 196 g/mol.